The SMILES string of the molecule is O=C1NC(=S)SC1=Cc1ccccc1COc1ccccc1. The monoisotopic (exact) mass is 327 g/mol. The summed E-state index contributed by atoms with van der Waals surface area (Å²) in [6.07, 6.45) is 1.85. The van der Waals surface area contributed by atoms with Gasteiger partial charge in [-0.05, 0) is 29.3 Å². The highest BCUT2D eigenvalue weighted by Crippen LogP contribution is 2.27. The van der Waals surface area contributed by atoms with Crippen molar-refractivity contribution in [3.8, 4) is 5.75 Å². The number of thioether (sulfide) groups is 1. The third-order valence-corrected chi connectivity index (χ3v) is 4.28. The molecule has 0 unspecified atom stereocenters. The molecule has 3 nitrogen and oxygen atoms in total. The van der Waals surface area contributed by atoms with E-state index in [9.17, 15) is 4.79 Å². The minimum atomic E-state index is -0.145. The first-order valence-electron chi connectivity index (χ1n) is 6.73. The molecule has 1 aliphatic heterocycles. The van der Waals surface area contributed by atoms with Crippen molar-refractivity contribution in [3.05, 3.63) is 70.6 Å². The minimum Gasteiger partial charge on any atom is -0.489 e. The Morgan fingerprint density at radius 3 is 2.55 bits per heavy atom. The first-order valence-corrected chi connectivity index (χ1v) is 7.95. The molecule has 22 heavy (non-hydrogen) atoms. The molecular formula is C17H13NO2S2. The normalized spacial score (nSPS) is 15.9. The van der Waals surface area contributed by atoms with Crippen LogP contribution in [0.25, 0.3) is 6.08 Å². The van der Waals surface area contributed by atoms with E-state index in [4.69, 9.17) is 17.0 Å². The highest BCUT2D eigenvalue weighted by atomic mass is 32.2. The van der Waals surface area contributed by atoms with E-state index in [0.29, 0.717) is 15.8 Å². The smallest absolute Gasteiger partial charge is 0.263 e. The average Bonchev–Trinajstić information content (AvgIpc) is 2.85. The van der Waals surface area contributed by atoms with E-state index in [-0.39, 0.29) is 5.91 Å². The number of ether oxygens (including phenoxy) is 1. The number of rotatable bonds is 4. The summed E-state index contributed by atoms with van der Waals surface area (Å²) in [7, 11) is 0. The van der Waals surface area contributed by atoms with Crippen LogP contribution < -0.4 is 10.1 Å². The standard InChI is InChI=1S/C17H13NO2S2/c19-16-15(22-17(21)18-16)10-12-6-4-5-7-13(12)11-20-14-8-2-1-3-9-14/h1-10H,11H2,(H,18,19,21). The van der Waals surface area contributed by atoms with Crippen molar-refractivity contribution in [3.63, 3.8) is 0 Å². The maximum atomic E-state index is 11.8. The first-order chi connectivity index (χ1) is 10.7. The average molecular weight is 327 g/mol. The highest BCUT2D eigenvalue weighted by Gasteiger charge is 2.22. The molecule has 2 aromatic rings. The second-order valence-electron chi connectivity index (χ2n) is 4.65. The van der Waals surface area contributed by atoms with Crippen molar-refractivity contribution in [2.75, 3.05) is 0 Å². The van der Waals surface area contributed by atoms with Crippen molar-refractivity contribution < 1.29 is 9.53 Å². The van der Waals surface area contributed by atoms with Crippen molar-refractivity contribution in [1.82, 2.24) is 5.32 Å². The number of benzene rings is 2. The number of carbonyl (C=O) groups is 1. The van der Waals surface area contributed by atoms with E-state index in [1.54, 1.807) is 0 Å². The fourth-order valence-corrected chi connectivity index (χ4v) is 3.08. The largest absolute Gasteiger partial charge is 0.489 e. The Balaban J connectivity index is 1.80. The van der Waals surface area contributed by atoms with Crippen LogP contribution in [0.1, 0.15) is 11.1 Å². The molecule has 1 heterocycles. The lowest BCUT2D eigenvalue weighted by atomic mass is 10.1. The minimum absolute atomic E-state index is 0.145. The van der Waals surface area contributed by atoms with Crippen LogP contribution in [0, 0.1) is 0 Å². The molecule has 3 rings (SSSR count). The van der Waals surface area contributed by atoms with Crippen LogP contribution in [0.15, 0.2) is 59.5 Å². The Morgan fingerprint density at radius 2 is 1.82 bits per heavy atom. The van der Waals surface area contributed by atoms with Gasteiger partial charge in [0.15, 0.2) is 0 Å². The van der Waals surface area contributed by atoms with Crippen LogP contribution >= 0.6 is 24.0 Å². The molecule has 0 aromatic heterocycles. The van der Waals surface area contributed by atoms with Crippen LogP contribution in [0.3, 0.4) is 0 Å². The van der Waals surface area contributed by atoms with E-state index >= 15 is 0 Å². The zero-order valence-corrected chi connectivity index (χ0v) is 13.2. The number of hydrogen-bond acceptors (Lipinski definition) is 4. The van der Waals surface area contributed by atoms with Gasteiger partial charge in [0.2, 0.25) is 0 Å². The Morgan fingerprint density at radius 1 is 1.09 bits per heavy atom. The number of thiocarbonyl (C=S) groups is 1. The first kappa shape index (κ1) is 14.8. The van der Waals surface area contributed by atoms with Gasteiger partial charge in [-0.3, -0.25) is 4.79 Å². The van der Waals surface area contributed by atoms with Crippen molar-refractivity contribution in [2.45, 2.75) is 6.61 Å². The van der Waals surface area contributed by atoms with E-state index in [0.717, 1.165) is 16.9 Å². The van der Waals surface area contributed by atoms with Gasteiger partial charge in [-0.2, -0.15) is 0 Å². The van der Waals surface area contributed by atoms with Crippen molar-refractivity contribution in [2.24, 2.45) is 0 Å². The predicted octanol–water partition coefficient (Wildman–Crippen LogP) is 3.75. The van der Waals surface area contributed by atoms with Gasteiger partial charge in [-0.1, -0.05) is 66.4 Å². The molecule has 0 atom stereocenters. The lowest BCUT2D eigenvalue weighted by Crippen LogP contribution is -2.17. The molecule has 0 bridgehead atoms. The topological polar surface area (TPSA) is 38.3 Å². The molecule has 1 N–H and O–H groups in total. The number of carbonyl (C=O) groups excluding carboxylic acids is 1. The zero-order chi connectivity index (χ0) is 15.4. The molecule has 1 aliphatic rings. The summed E-state index contributed by atoms with van der Waals surface area (Å²) in [5.74, 6) is 0.674. The maximum Gasteiger partial charge on any atom is 0.263 e. The van der Waals surface area contributed by atoms with E-state index in [1.807, 2.05) is 60.7 Å². The Bertz CT molecular complexity index is 741. The third-order valence-electron chi connectivity index (χ3n) is 3.12. The molecule has 2 aromatic carbocycles. The molecule has 0 saturated carbocycles. The molecule has 0 spiro atoms. The highest BCUT2D eigenvalue weighted by molar-refractivity contribution is 8.26. The van der Waals surface area contributed by atoms with Gasteiger partial charge in [-0.25, -0.2) is 0 Å². The van der Waals surface area contributed by atoms with Crippen LogP contribution in [-0.2, 0) is 11.4 Å². The quantitative estimate of drug-likeness (QED) is 0.685. The molecule has 0 radical (unpaired) electrons. The lowest BCUT2D eigenvalue weighted by Gasteiger charge is -2.09. The third kappa shape index (κ3) is 3.55. The van der Waals surface area contributed by atoms with Gasteiger partial charge in [0, 0.05) is 0 Å². The lowest BCUT2D eigenvalue weighted by molar-refractivity contribution is -0.115. The van der Waals surface area contributed by atoms with Gasteiger partial charge >= 0.3 is 0 Å². The summed E-state index contributed by atoms with van der Waals surface area (Å²) < 4.78 is 6.28. The molecule has 5 heteroatoms. The summed E-state index contributed by atoms with van der Waals surface area (Å²) in [6, 6.07) is 17.5. The maximum absolute atomic E-state index is 11.8. The summed E-state index contributed by atoms with van der Waals surface area (Å²) in [5, 5.41) is 2.62. The van der Waals surface area contributed by atoms with Crippen LogP contribution in [0.2, 0.25) is 0 Å². The van der Waals surface area contributed by atoms with Gasteiger partial charge in [-0.15, -0.1) is 0 Å². The van der Waals surface area contributed by atoms with Gasteiger partial charge in [0.1, 0.15) is 16.7 Å². The number of nitrogens with one attached hydrogen (secondary N) is 1. The van der Waals surface area contributed by atoms with E-state index < -0.39 is 0 Å². The molecule has 1 amide bonds. The molecular weight excluding hydrogens is 314 g/mol. The second kappa shape index (κ2) is 6.77. The molecule has 110 valence electrons. The Kier molecular flexibility index (Phi) is 4.56. The molecule has 0 aliphatic carbocycles. The van der Waals surface area contributed by atoms with Crippen LogP contribution in [0.5, 0.6) is 5.75 Å². The number of amides is 1. The van der Waals surface area contributed by atoms with Crippen LogP contribution in [0.4, 0.5) is 0 Å². The summed E-state index contributed by atoms with van der Waals surface area (Å²) in [6.45, 7) is 0.445. The fraction of sp³-hybridized carbons (Fsp3) is 0.0588. The van der Waals surface area contributed by atoms with Crippen molar-refractivity contribution >= 4 is 40.3 Å². The Hall–Kier alpha value is -2.11. The molecule has 1 saturated heterocycles. The number of hydrogen-bond donors (Lipinski definition) is 1. The summed E-state index contributed by atoms with van der Waals surface area (Å²) >= 11 is 6.29. The summed E-state index contributed by atoms with van der Waals surface area (Å²) in [5.41, 5.74) is 1.98. The summed E-state index contributed by atoms with van der Waals surface area (Å²) in [4.78, 5) is 12.4. The number of para-hydroxylation sites is 1. The Labute approximate surface area is 138 Å². The van der Waals surface area contributed by atoms with E-state index in [1.165, 1.54) is 11.8 Å². The van der Waals surface area contributed by atoms with Gasteiger partial charge in [0.25, 0.3) is 5.91 Å². The van der Waals surface area contributed by atoms with Crippen LogP contribution in [-0.4, -0.2) is 10.2 Å². The fourth-order valence-electron chi connectivity index (χ4n) is 2.05. The van der Waals surface area contributed by atoms with Gasteiger partial charge < -0.3 is 10.1 Å². The molecule has 1 fully saturated rings. The van der Waals surface area contributed by atoms with Crippen molar-refractivity contribution in [1.29, 1.82) is 0 Å². The van der Waals surface area contributed by atoms with Gasteiger partial charge in [0.05, 0.1) is 4.91 Å². The van der Waals surface area contributed by atoms with E-state index in [2.05, 4.69) is 5.32 Å². The second-order valence-corrected chi connectivity index (χ2v) is 6.37. The zero-order valence-electron chi connectivity index (χ0n) is 11.6. The predicted molar refractivity (Wildman–Crippen MR) is 93.5 cm³/mol.